The number of hydrogen-bond donors (Lipinski definition) is 1. The number of anilines is 2. The van der Waals surface area contributed by atoms with Crippen molar-refractivity contribution >= 4 is 17.7 Å². The van der Waals surface area contributed by atoms with Gasteiger partial charge < -0.3 is 4.90 Å². The van der Waals surface area contributed by atoms with Crippen molar-refractivity contribution in [3.05, 3.63) is 71.7 Å². The van der Waals surface area contributed by atoms with Gasteiger partial charge in [-0.05, 0) is 55.9 Å². The number of nitrogens with zero attached hydrogens (tertiary/aromatic N) is 5. The second-order valence-electron chi connectivity index (χ2n) is 7.37. The number of aryl methyl sites for hydroxylation is 1. The first-order chi connectivity index (χ1) is 14.2. The Kier molecular flexibility index (Phi) is 5.74. The molecule has 1 amide bonds. The molecular weight excluding hydrogens is 364 g/mol. The van der Waals surface area contributed by atoms with Crippen LogP contribution in [0, 0.1) is 12.8 Å². The molecule has 0 saturated carbocycles. The first-order valence-electron chi connectivity index (χ1n) is 9.91. The lowest BCUT2D eigenvalue weighted by Gasteiger charge is -2.32. The SMILES string of the molecule is Cc1ccnc(NC(=O)c2ccc(N3CCC(Cc4ccccc4)CC3)nn2)n1. The highest BCUT2D eigenvalue weighted by molar-refractivity contribution is 6.01. The minimum atomic E-state index is -0.365. The molecule has 1 aromatic carbocycles. The van der Waals surface area contributed by atoms with Gasteiger partial charge in [0.1, 0.15) is 0 Å². The summed E-state index contributed by atoms with van der Waals surface area (Å²) in [6, 6.07) is 16.0. The Bertz CT molecular complexity index is 953. The zero-order valence-corrected chi connectivity index (χ0v) is 16.5. The lowest BCUT2D eigenvalue weighted by molar-refractivity contribution is 0.102. The molecular formula is C22H24N6O. The van der Waals surface area contributed by atoms with Gasteiger partial charge in [-0.1, -0.05) is 30.3 Å². The van der Waals surface area contributed by atoms with Crippen LogP contribution in [0.1, 0.15) is 34.6 Å². The molecule has 2 aromatic heterocycles. The van der Waals surface area contributed by atoms with Gasteiger partial charge in [-0.25, -0.2) is 9.97 Å². The van der Waals surface area contributed by atoms with Crippen molar-refractivity contribution in [2.24, 2.45) is 5.92 Å². The van der Waals surface area contributed by atoms with E-state index in [1.54, 1.807) is 18.3 Å². The fourth-order valence-electron chi connectivity index (χ4n) is 3.60. The van der Waals surface area contributed by atoms with E-state index in [1.807, 2.05) is 13.0 Å². The van der Waals surface area contributed by atoms with Crippen LogP contribution in [-0.2, 0) is 6.42 Å². The number of amides is 1. The molecule has 3 aromatic rings. The van der Waals surface area contributed by atoms with Crippen LogP contribution >= 0.6 is 0 Å². The van der Waals surface area contributed by atoms with Gasteiger partial charge in [0.05, 0.1) is 0 Å². The normalized spacial score (nSPS) is 14.6. The van der Waals surface area contributed by atoms with Crippen LogP contribution in [0.2, 0.25) is 0 Å². The fourth-order valence-corrected chi connectivity index (χ4v) is 3.60. The maximum absolute atomic E-state index is 12.3. The summed E-state index contributed by atoms with van der Waals surface area (Å²) in [6.07, 6.45) is 4.99. The zero-order valence-electron chi connectivity index (χ0n) is 16.5. The topological polar surface area (TPSA) is 83.9 Å². The van der Waals surface area contributed by atoms with Gasteiger partial charge in [0.25, 0.3) is 5.91 Å². The molecule has 0 spiro atoms. The third-order valence-electron chi connectivity index (χ3n) is 5.21. The molecule has 1 N–H and O–H groups in total. The smallest absolute Gasteiger partial charge is 0.278 e. The molecule has 4 rings (SSSR count). The van der Waals surface area contributed by atoms with E-state index in [1.165, 1.54) is 5.56 Å². The summed E-state index contributed by atoms with van der Waals surface area (Å²) in [7, 11) is 0. The average Bonchev–Trinajstić information content (AvgIpc) is 2.75. The third-order valence-corrected chi connectivity index (χ3v) is 5.21. The maximum atomic E-state index is 12.3. The number of carbonyl (C=O) groups excluding carboxylic acids is 1. The first-order valence-corrected chi connectivity index (χ1v) is 9.91. The van der Waals surface area contributed by atoms with E-state index in [9.17, 15) is 4.79 Å². The van der Waals surface area contributed by atoms with E-state index in [0.29, 0.717) is 5.92 Å². The molecule has 7 nitrogen and oxygen atoms in total. The lowest BCUT2D eigenvalue weighted by atomic mass is 9.90. The number of rotatable bonds is 5. The predicted molar refractivity (Wildman–Crippen MR) is 112 cm³/mol. The zero-order chi connectivity index (χ0) is 20.1. The van der Waals surface area contributed by atoms with E-state index in [0.717, 1.165) is 43.9 Å². The van der Waals surface area contributed by atoms with Crippen molar-refractivity contribution < 1.29 is 4.79 Å². The van der Waals surface area contributed by atoms with E-state index < -0.39 is 0 Å². The number of hydrogen-bond acceptors (Lipinski definition) is 6. The van der Waals surface area contributed by atoms with Crippen LogP contribution in [0.3, 0.4) is 0 Å². The van der Waals surface area contributed by atoms with Gasteiger partial charge in [0.2, 0.25) is 5.95 Å². The molecule has 29 heavy (non-hydrogen) atoms. The molecule has 0 bridgehead atoms. The summed E-state index contributed by atoms with van der Waals surface area (Å²) in [5, 5.41) is 11.0. The standard InChI is InChI=1S/C22H24N6O/c1-16-9-12-23-22(24-16)25-21(29)19-7-8-20(27-26-19)28-13-10-18(11-14-28)15-17-5-3-2-4-6-17/h2-9,12,18H,10-11,13-15H2,1H3,(H,23,24,25,29). The molecule has 0 radical (unpaired) electrons. The minimum Gasteiger partial charge on any atom is -0.355 e. The number of benzene rings is 1. The van der Waals surface area contributed by atoms with Gasteiger partial charge in [0.15, 0.2) is 11.5 Å². The number of aromatic nitrogens is 4. The fraction of sp³-hybridized carbons (Fsp3) is 0.318. The molecule has 1 fully saturated rings. The van der Waals surface area contributed by atoms with Crippen molar-refractivity contribution in [1.82, 2.24) is 20.2 Å². The van der Waals surface area contributed by atoms with Gasteiger partial charge >= 0.3 is 0 Å². The van der Waals surface area contributed by atoms with Crippen LogP contribution in [0.4, 0.5) is 11.8 Å². The highest BCUT2D eigenvalue weighted by Crippen LogP contribution is 2.24. The Morgan fingerprint density at radius 3 is 2.55 bits per heavy atom. The Balaban J connectivity index is 1.32. The number of piperidine rings is 1. The second kappa shape index (κ2) is 8.77. The van der Waals surface area contributed by atoms with E-state index >= 15 is 0 Å². The highest BCUT2D eigenvalue weighted by Gasteiger charge is 2.21. The summed E-state index contributed by atoms with van der Waals surface area (Å²) < 4.78 is 0. The molecule has 1 saturated heterocycles. The Morgan fingerprint density at radius 1 is 1.07 bits per heavy atom. The van der Waals surface area contributed by atoms with Gasteiger partial charge in [-0.3, -0.25) is 10.1 Å². The summed E-state index contributed by atoms with van der Waals surface area (Å²) in [5.74, 6) is 1.41. The molecule has 7 heteroatoms. The Hall–Kier alpha value is -3.35. The van der Waals surface area contributed by atoms with E-state index in [4.69, 9.17) is 0 Å². The largest absolute Gasteiger partial charge is 0.355 e. The lowest BCUT2D eigenvalue weighted by Crippen LogP contribution is -2.35. The highest BCUT2D eigenvalue weighted by atomic mass is 16.2. The quantitative estimate of drug-likeness (QED) is 0.722. The summed E-state index contributed by atoms with van der Waals surface area (Å²) in [6.45, 7) is 3.75. The summed E-state index contributed by atoms with van der Waals surface area (Å²) in [5.41, 5.74) is 2.43. The van der Waals surface area contributed by atoms with Crippen molar-refractivity contribution in [1.29, 1.82) is 0 Å². The minimum absolute atomic E-state index is 0.248. The predicted octanol–water partition coefficient (Wildman–Crippen LogP) is 3.29. The Labute approximate surface area is 170 Å². The third kappa shape index (κ3) is 4.93. The van der Waals surface area contributed by atoms with Crippen molar-refractivity contribution in [2.45, 2.75) is 26.2 Å². The van der Waals surface area contributed by atoms with Crippen LogP contribution in [-0.4, -0.2) is 39.2 Å². The van der Waals surface area contributed by atoms with Gasteiger partial charge in [-0.15, -0.1) is 10.2 Å². The average molecular weight is 388 g/mol. The molecule has 1 aliphatic heterocycles. The molecule has 0 unspecified atom stereocenters. The first kappa shape index (κ1) is 19.0. The Morgan fingerprint density at radius 2 is 1.86 bits per heavy atom. The van der Waals surface area contributed by atoms with E-state index in [2.05, 4.69) is 60.7 Å². The molecule has 0 aliphatic carbocycles. The molecule has 0 atom stereocenters. The molecule has 148 valence electrons. The van der Waals surface area contributed by atoms with Crippen molar-refractivity contribution in [2.75, 3.05) is 23.3 Å². The van der Waals surface area contributed by atoms with Gasteiger partial charge in [-0.2, -0.15) is 0 Å². The molecule has 1 aliphatic rings. The monoisotopic (exact) mass is 388 g/mol. The maximum Gasteiger partial charge on any atom is 0.278 e. The molecule has 3 heterocycles. The number of nitrogens with one attached hydrogen (secondary N) is 1. The number of carbonyl (C=O) groups is 1. The van der Waals surface area contributed by atoms with Crippen LogP contribution in [0.25, 0.3) is 0 Å². The summed E-state index contributed by atoms with van der Waals surface area (Å²) in [4.78, 5) is 22.8. The van der Waals surface area contributed by atoms with Crippen LogP contribution in [0.15, 0.2) is 54.7 Å². The van der Waals surface area contributed by atoms with E-state index in [-0.39, 0.29) is 17.5 Å². The van der Waals surface area contributed by atoms with Crippen LogP contribution in [0.5, 0.6) is 0 Å². The van der Waals surface area contributed by atoms with Gasteiger partial charge in [0, 0.05) is 25.0 Å². The van der Waals surface area contributed by atoms with Crippen LogP contribution < -0.4 is 10.2 Å². The summed E-state index contributed by atoms with van der Waals surface area (Å²) >= 11 is 0. The van der Waals surface area contributed by atoms with Crippen molar-refractivity contribution in [3.8, 4) is 0 Å². The second-order valence-corrected chi connectivity index (χ2v) is 7.37. The van der Waals surface area contributed by atoms with Crippen molar-refractivity contribution in [3.63, 3.8) is 0 Å².